The van der Waals surface area contributed by atoms with Crippen molar-refractivity contribution in [3.05, 3.63) is 6.33 Å². The Morgan fingerprint density at radius 1 is 1.29 bits per heavy atom. The summed E-state index contributed by atoms with van der Waals surface area (Å²) in [5.74, 6) is 2.62. The van der Waals surface area contributed by atoms with Crippen molar-refractivity contribution >= 4 is 17.6 Å². The fourth-order valence-corrected chi connectivity index (χ4v) is 2.43. The number of thioether (sulfide) groups is 1. The van der Waals surface area contributed by atoms with Crippen LogP contribution in [0.2, 0.25) is 0 Å². The van der Waals surface area contributed by atoms with Crippen LogP contribution in [0.5, 0.6) is 5.75 Å². The number of hydrogen-bond donors (Lipinski definition) is 1. The molecule has 1 N–H and O–H groups in total. The van der Waals surface area contributed by atoms with Gasteiger partial charge >= 0.3 is 0 Å². The summed E-state index contributed by atoms with van der Waals surface area (Å²) in [4.78, 5) is 8.46. The average molecular weight is 255 g/mol. The van der Waals surface area contributed by atoms with Gasteiger partial charge in [-0.2, -0.15) is 0 Å². The molecular weight excluding hydrogens is 234 g/mol. The molecule has 0 saturated carbocycles. The first-order valence-electron chi connectivity index (χ1n) is 6.09. The number of anilines is 1. The maximum Gasteiger partial charge on any atom is 0.193 e. The van der Waals surface area contributed by atoms with Gasteiger partial charge in [0, 0.05) is 6.54 Å². The maximum atomic E-state index is 5.38. The largest absolute Gasteiger partial charge is 0.490 e. The molecule has 1 heterocycles. The minimum atomic E-state index is 0.760. The van der Waals surface area contributed by atoms with E-state index in [1.807, 2.05) is 6.92 Å². The van der Waals surface area contributed by atoms with E-state index < -0.39 is 0 Å². The lowest BCUT2D eigenvalue weighted by Crippen LogP contribution is -2.04. The third-order valence-corrected chi connectivity index (χ3v) is 3.36. The van der Waals surface area contributed by atoms with Crippen LogP contribution in [0, 0.1) is 0 Å². The minimum Gasteiger partial charge on any atom is -0.490 e. The van der Waals surface area contributed by atoms with Crippen molar-refractivity contribution in [2.24, 2.45) is 0 Å². The summed E-state index contributed by atoms with van der Waals surface area (Å²) in [5, 5.41) is 4.11. The van der Waals surface area contributed by atoms with Crippen LogP contribution in [0.1, 0.15) is 33.1 Å². The smallest absolute Gasteiger partial charge is 0.193 e. The molecule has 1 rings (SSSR count). The van der Waals surface area contributed by atoms with Crippen LogP contribution in [0.3, 0.4) is 0 Å². The van der Waals surface area contributed by atoms with Crippen molar-refractivity contribution in [1.82, 2.24) is 9.97 Å². The second kappa shape index (κ2) is 8.17. The van der Waals surface area contributed by atoms with E-state index in [-0.39, 0.29) is 0 Å². The number of methoxy groups -OCH3 is 1. The summed E-state index contributed by atoms with van der Waals surface area (Å²) in [6.07, 6.45) is 5.30. The monoisotopic (exact) mass is 255 g/mol. The quantitative estimate of drug-likeness (QED) is 0.439. The highest BCUT2D eigenvalue weighted by Crippen LogP contribution is 2.32. The fraction of sp³-hybridized carbons (Fsp3) is 0.667. The molecule has 1 aromatic heterocycles. The molecule has 4 nitrogen and oxygen atoms in total. The predicted octanol–water partition coefficient (Wildman–Crippen LogP) is 3.20. The molecule has 1 aromatic rings. The van der Waals surface area contributed by atoms with Crippen molar-refractivity contribution in [1.29, 1.82) is 0 Å². The second-order valence-electron chi connectivity index (χ2n) is 3.65. The Hall–Kier alpha value is -0.970. The molecule has 17 heavy (non-hydrogen) atoms. The van der Waals surface area contributed by atoms with E-state index in [4.69, 9.17) is 4.74 Å². The highest BCUT2D eigenvalue weighted by Gasteiger charge is 2.11. The summed E-state index contributed by atoms with van der Waals surface area (Å²) in [6, 6.07) is 0. The van der Waals surface area contributed by atoms with Crippen LogP contribution in [0.4, 0.5) is 5.82 Å². The molecule has 0 aliphatic heterocycles. The van der Waals surface area contributed by atoms with Crippen LogP contribution < -0.4 is 10.1 Å². The van der Waals surface area contributed by atoms with Gasteiger partial charge in [-0.3, -0.25) is 0 Å². The molecule has 0 saturated heterocycles. The second-order valence-corrected chi connectivity index (χ2v) is 4.73. The Kier molecular flexibility index (Phi) is 6.77. The van der Waals surface area contributed by atoms with Crippen LogP contribution in [0.15, 0.2) is 11.4 Å². The maximum absolute atomic E-state index is 5.38. The normalized spacial score (nSPS) is 10.3. The first-order chi connectivity index (χ1) is 8.33. The molecule has 0 aliphatic rings. The van der Waals surface area contributed by atoms with Gasteiger partial charge in [0.1, 0.15) is 11.4 Å². The van der Waals surface area contributed by atoms with Crippen molar-refractivity contribution < 1.29 is 4.74 Å². The number of unbranched alkanes of at least 4 members (excludes halogenated alkanes) is 2. The summed E-state index contributed by atoms with van der Waals surface area (Å²) in [7, 11) is 1.66. The Labute approximate surface area is 108 Å². The number of ether oxygens (including phenoxy) is 1. The molecule has 0 fully saturated rings. The molecule has 0 spiro atoms. The van der Waals surface area contributed by atoms with E-state index >= 15 is 0 Å². The first kappa shape index (κ1) is 14.1. The van der Waals surface area contributed by atoms with Crippen molar-refractivity contribution in [3.63, 3.8) is 0 Å². The topological polar surface area (TPSA) is 47.0 Å². The van der Waals surface area contributed by atoms with Crippen molar-refractivity contribution in [2.75, 3.05) is 24.7 Å². The number of hydrogen-bond acceptors (Lipinski definition) is 5. The fourth-order valence-electron chi connectivity index (χ4n) is 1.46. The van der Waals surface area contributed by atoms with E-state index in [1.54, 1.807) is 25.2 Å². The lowest BCUT2D eigenvalue weighted by atomic mass is 10.3. The van der Waals surface area contributed by atoms with E-state index in [2.05, 4.69) is 22.2 Å². The van der Waals surface area contributed by atoms with Gasteiger partial charge in [0.2, 0.25) is 0 Å². The highest BCUT2D eigenvalue weighted by molar-refractivity contribution is 7.99. The number of nitrogens with zero attached hydrogens (tertiary/aromatic N) is 2. The van der Waals surface area contributed by atoms with Gasteiger partial charge in [-0.25, -0.2) is 9.97 Å². The first-order valence-corrected chi connectivity index (χ1v) is 7.07. The third kappa shape index (κ3) is 4.42. The molecule has 96 valence electrons. The zero-order chi connectivity index (χ0) is 12.5. The molecule has 0 aromatic carbocycles. The summed E-state index contributed by atoms with van der Waals surface area (Å²) in [6.45, 7) is 5.07. The summed E-state index contributed by atoms with van der Waals surface area (Å²) in [5.41, 5.74) is 0. The van der Waals surface area contributed by atoms with Gasteiger partial charge in [0.05, 0.1) is 7.11 Å². The lowest BCUT2D eigenvalue weighted by Gasteiger charge is -2.11. The van der Waals surface area contributed by atoms with Crippen molar-refractivity contribution in [3.8, 4) is 5.75 Å². The Morgan fingerprint density at radius 2 is 2.12 bits per heavy atom. The average Bonchev–Trinajstić information content (AvgIpc) is 2.35. The molecule has 0 unspecified atom stereocenters. The Bertz CT molecular complexity index is 334. The molecular formula is C12H21N3OS. The van der Waals surface area contributed by atoms with Gasteiger partial charge in [0.25, 0.3) is 0 Å². The molecule has 0 aliphatic carbocycles. The number of aromatic nitrogens is 2. The Balaban J connectivity index is 2.66. The SMILES string of the molecule is CCCCCSc1ncnc(NCC)c1OC. The van der Waals surface area contributed by atoms with Gasteiger partial charge in [0.15, 0.2) is 11.6 Å². The predicted molar refractivity (Wildman–Crippen MR) is 73.0 cm³/mol. The molecule has 0 bridgehead atoms. The minimum absolute atomic E-state index is 0.760. The standard InChI is InChI=1S/C12H21N3OS/c1-4-6-7-8-17-12-10(16-3)11(13-5-2)14-9-15-12/h9H,4-8H2,1-3H3,(H,13,14,15). The third-order valence-electron chi connectivity index (χ3n) is 2.31. The molecule has 0 radical (unpaired) electrons. The zero-order valence-corrected chi connectivity index (χ0v) is 11.6. The van der Waals surface area contributed by atoms with Crippen LogP contribution in [0.25, 0.3) is 0 Å². The van der Waals surface area contributed by atoms with Crippen molar-refractivity contribution in [2.45, 2.75) is 38.1 Å². The summed E-state index contributed by atoms with van der Waals surface area (Å²) >= 11 is 1.74. The van der Waals surface area contributed by atoms with E-state index in [0.717, 1.165) is 28.9 Å². The van der Waals surface area contributed by atoms with Crippen LogP contribution in [-0.4, -0.2) is 29.4 Å². The lowest BCUT2D eigenvalue weighted by molar-refractivity contribution is 0.400. The zero-order valence-electron chi connectivity index (χ0n) is 10.8. The molecule has 5 heteroatoms. The number of nitrogens with one attached hydrogen (secondary N) is 1. The Morgan fingerprint density at radius 3 is 2.76 bits per heavy atom. The highest BCUT2D eigenvalue weighted by atomic mass is 32.2. The van der Waals surface area contributed by atoms with E-state index in [0.29, 0.717) is 0 Å². The van der Waals surface area contributed by atoms with Crippen LogP contribution >= 0.6 is 11.8 Å². The van der Waals surface area contributed by atoms with E-state index in [9.17, 15) is 0 Å². The summed E-state index contributed by atoms with van der Waals surface area (Å²) < 4.78 is 5.38. The van der Waals surface area contributed by atoms with Gasteiger partial charge in [-0.05, 0) is 19.1 Å². The number of rotatable bonds is 8. The van der Waals surface area contributed by atoms with Gasteiger partial charge < -0.3 is 10.1 Å². The molecule has 0 atom stereocenters. The van der Waals surface area contributed by atoms with Gasteiger partial charge in [-0.1, -0.05) is 19.8 Å². The van der Waals surface area contributed by atoms with Gasteiger partial charge in [-0.15, -0.1) is 11.8 Å². The van der Waals surface area contributed by atoms with Crippen LogP contribution in [-0.2, 0) is 0 Å². The molecule has 0 amide bonds. The van der Waals surface area contributed by atoms with E-state index in [1.165, 1.54) is 19.3 Å².